The molecular weight excluding hydrogens is 304 g/mol. The molecule has 1 heterocycles. The van der Waals surface area contributed by atoms with Crippen LogP contribution in [-0.2, 0) is 0 Å². The summed E-state index contributed by atoms with van der Waals surface area (Å²) in [6.07, 6.45) is 2.46. The zero-order valence-electron chi connectivity index (χ0n) is 11.4. The van der Waals surface area contributed by atoms with Crippen LogP contribution in [0.25, 0.3) is 0 Å². The number of halogens is 1. The Kier molecular flexibility index (Phi) is 5.55. The van der Waals surface area contributed by atoms with Gasteiger partial charge in [0.15, 0.2) is 5.78 Å². The number of likely N-dealkylation sites (tertiary alicyclic amines) is 1. The van der Waals surface area contributed by atoms with Crippen molar-refractivity contribution in [3.05, 3.63) is 34.3 Å². The predicted octanol–water partition coefficient (Wildman–Crippen LogP) is 2.56. The van der Waals surface area contributed by atoms with Crippen LogP contribution in [0.3, 0.4) is 0 Å². The highest BCUT2D eigenvalue weighted by molar-refractivity contribution is 9.10. The smallest absolute Gasteiger partial charge is 0.176 e. The van der Waals surface area contributed by atoms with Crippen LogP contribution in [0, 0.1) is 5.92 Å². The average Bonchev–Trinajstić information content (AvgIpc) is 2.40. The lowest BCUT2D eigenvalue weighted by Gasteiger charge is -2.32. The van der Waals surface area contributed by atoms with Gasteiger partial charge in [0.25, 0.3) is 0 Å². The van der Waals surface area contributed by atoms with Crippen molar-refractivity contribution >= 4 is 21.7 Å². The van der Waals surface area contributed by atoms with Gasteiger partial charge < -0.3 is 5.32 Å². The Morgan fingerprint density at radius 2 is 2.16 bits per heavy atom. The van der Waals surface area contributed by atoms with E-state index in [9.17, 15) is 4.79 Å². The fourth-order valence-corrected chi connectivity index (χ4v) is 2.94. The van der Waals surface area contributed by atoms with Crippen LogP contribution in [0.2, 0.25) is 0 Å². The largest absolute Gasteiger partial charge is 0.319 e. The van der Waals surface area contributed by atoms with Crippen LogP contribution in [0.15, 0.2) is 28.7 Å². The maximum absolute atomic E-state index is 12.2. The third kappa shape index (κ3) is 4.41. The summed E-state index contributed by atoms with van der Waals surface area (Å²) in [6.45, 7) is 3.66. The number of hydrogen-bond acceptors (Lipinski definition) is 3. The van der Waals surface area contributed by atoms with Gasteiger partial charge in [-0.15, -0.1) is 0 Å². The van der Waals surface area contributed by atoms with E-state index in [4.69, 9.17) is 0 Å². The normalized spacial score (nSPS) is 20.4. The van der Waals surface area contributed by atoms with Gasteiger partial charge >= 0.3 is 0 Å². The minimum Gasteiger partial charge on any atom is -0.319 e. The Labute approximate surface area is 123 Å². The Morgan fingerprint density at radius 1 is 1.42 bits per heavy atom. The summed E-state index contributed by atoms with van der Waals surface area (Å²) in [4.78, 5) is 14.5. The molecule has 2 rings (SSSR count). The third-order valence-corrected chi connectivity index (χ3v) is 4.16. The molecule has 104 valence electrons. The summed E-state index contributed by atoms with van der Waals surface area (Å²) >= 11 is 3.39. The van der Waals surface area contributed by atoms with E-state index in [1.807, 2.05) is 31.3 Å². The first kappa shape index (κ1) is 14.7. The Morgan fingerprint density at radius 3 is 2.84 bits per heavy atom. The zero-order chi connectivity index (χ0) is 13.7. The highest BCUT2D eigenvalue weighted by Gasteiger charge is 2.21. The van der Waals surface area contributed by atoms with E-state index < -0.39 is 0 Å². The van der Waals surface area contributed by atoms with Crippen molar-refractivity contribution < 1.29 is 4.79 Å². The molecule has 4 heteroatoms. The van der Waals surface area contributed by atoms with Gasteiger partial charge in [0.05, 0.1) is 6.54 Å². The highest BCUT2D eigenvalue weighted by Crippen LogP contribution is 2.17. The van der Waals surface area contributed by atoms with E-state index in [1.165, 1.54) is 12.8 Å². The third-order valence-electron chi connectivity index (χ3n) is 3.63. The molecule has 0 spiro atoms. The molecule has 19 heavy (non-hydrogen) atoms. The van der Waals surface area contributed by atoms with Gasteiger partial charge in [0.1, 0.15) is 0 Å². The van der Waals surface area contributed by atoms with Gasteiger partial charge in [-0.3, -0.25) is 9.69 Å². The Bertz CT molecular complexity index is 417. The molecule has 1 fully saturated rings. The number of piperidine rings is 1. The number of nitrogens with one attached hydrogen (secondary N) is 1. The van der Waals surface area contributed by atoms with E-state index in [1.54, 1.807) is 0 Å². The lowest BCUT2D eigenvalue weighted by atomic mass is 9.97. The van der Waals surface area contributed by atoms with Gasteiger partial charge in [0.2, 0.25) is 0 Å². The first-order valence-corrected chi connectivity index (χ1v) is 7.64. The van der Waals surface area contributed by atoms with Gasteiger partial charge in [0, 0.05) is 16.6 Å². The molecule has 1 N–H and O–H groups in total. The van der Waals surface area contributed by atoms with Crippen LogP contribution < -0.4 is 5.32 Å². The van der Waals surface area contributed by atoms with Gasteiger partial charge in [-0.05, 0) is 51.0 Å². The highest BCUT2D eigenvalue weighted by atomic mass is 79.9. The maximum atomic E-state index is 12.2. The predicted molar refractivity (Wildman–Crippen MR) is 81.6 cm³/mol. The summed E-state index contributed by atoms with van der Waals surface area (Å²) in [5.74, 6) is 0.897. The molecule has 3 nitrogen and oxygen atoms in total. The molecule has 0 radical (unpaired) electrons. The van der Waals surface area contributed by atoms with Gasteiger partial charge in [-0.2, -0.15) is 0 Å². The molecule has 0 saturated carbocycles. The minimum absolute atomic E-state index is 0.220. The van der Waals surface area contributed by atoms with Crippen molar-refractivity contribution in [2.75, 3.05) is 33.2 Å². The molecular formula is C15H21BrN2O. The molecule has 0 amide bonds. The quantitative estimate of drug-likeness (QED) is 0.845. The summed E-state index contributed by atoms with van der Waals surface area (Å²) in [6, 6.07) is 7.63. The average molecular weight is 325 g/mol. The van der Waals surface area contributed by atoms with Crippen LogP contribution in [0.5, 0.6) is 0 Å². The number of rotatable bonds is 5. The van der Waals surface area contributed by atoms with Gasteiger partial charge in [-0.25, -0.2) is 0 Å². The van der Waals surface area contributed by atoms with Crippen LogP contribution >= 0.6 is 15.9 Å². The molecule has 1 aliphatic heterocycles. The van der Waals surface area contributed by atoms with E-state index in [2.05, 4.69) is 26.1 Å². The molecule has 1 unspecified atom stereocenters. The summed E-state index contributed by atoms with van der Waals surface area (Å²) in [7, 11) is 1.99. The zero-order valence-corrected chi connectivity index (χ0v) is 12.9. The topological polar surface area (TPSA) is 32.3 Å². The molecule has 1 aromatic rings. The van der Waals surface area contributed by atoms with Crippen LogP contribution in [-0.4, -0.2) is 43.9 Å². The lowest BCUT2D eigenvalue weighted by molar-refractivity contribution is 0.0886. The number of nitrogens with zero attached hydrogens (tertiary/aromatic N) is 1. The number of carbonyl (C=O) groups excluding carboxylic acids is 1. The number of hydrogen-bond donors (Lipinski definition) is 1. The number of carbonyl (C=O) groups is 1. The van der Waals surface area contributed by atoms with E-state index in [0.717, 1.165) is 29.7 Å². The second-order valence-electron chi connectivity index (χ2n) is 5.23. The number of Topliss-reactive ketones (excluding diaryl/α,β-unsaturated/α-hetero) is 1. The summed E-state index contributed by atoms with van der Waals surface area (Å²) in [5.41, 5.74) is 0.805. The number of ketones is 1. The minimum atomic E-state index is 0.220. The standard InChI is InChI=1S/C15H21BrN2O/c1-17-9-12-3-2-8-18(10-12)11-15(19)13-4-6-14(16)7-5-13/h4-7,12,17H,2-3,8-11H2,1H3. The fraction of sp³-hybridized carbons (Fsp3) is 0.533. The molecule has 1 aromatic carbocycles. The molecule has 0 aromatic heterocycles. The SMILES string of the molecule is CNCC1CCCN(CC(=O)c2ccc(Br)cc2)C1. The molecule has 1 aliphatic rings. The molecule has 0 aliphatic carbocycles. The molecule has 1 saturated heterocycles. The Hall–Kier alpha value is -0.710. The van der Waals surface area contributed by atoms with E-state index in [0.29, 0.717) is 12.5 Å². The Balaban J connectivity index is 1.89. The van der Waals surface area contributed by atoms with Crippen molar-refractivity contribution in [2.24, 2.45) is 5.92 Å². The monoisotopic (exact) mass is 324 g/mol. The lowest BCUT2D eigenvalue weighted by Crippen LogP contribution is -2.41. The van der Waals surface area contributed by atoms with Crippen molar-refractivity contribution in [3.63, 3.8) is 0 Å². The first-order chi connectivity index (χ1) is 9.19. The second kappa shape index (κ2) is 7.17. The van der Waals surface area contributed by atoms with Gasteiger partial charge in [-0.1, -0.05) is 28.1 Å². The summed E-state index contributed by atoms with van der Waals surface area (Å²) in [5, 5.41) is 3.23. The van der Waals surface area contributed by atoms with Crippen molar-refractivity contribution in [2.45, 2.75) is 12.8 Å². The number of benzene rings is 1. The first-order valence-electron chi connectivity index (χ1n) is 6.85. The van der Waals surface area contributed by atoms with Crippen molar-refractivity contribution in [1.29, 1.82) is 0 Å². The van der Waals surface area contributed by atoms with E-state index >= 15 is 0 Å². The van der Waals surface area contributed by atoms with Crippen molar-refractivity contribution in [1.82, 2.24) is 10.2 Å². The molecule has 0 bridgehead atoms. The summed E-state index contributed by atoms with van der Waals surface area (Å²) < 4.78 is 1.01. The van der Waals surface area contributed by atoms with E-state index in [-0.39, 0.29) is 5.78 Å². The fourth-order valence-electron chi connectivity index (χ4n) is 2.68. The maximum Gasteiger partial charge on any atom is 0.176 e. The van der Waals surface area contributed by atoms with Crippen LogP contribution in [0.1, 0.15) is 23.2 Å². The molecule has 1 atom stereocenters. The van der Waals surface area contributed by atoms with Crippen molar-refractivity contribution in [3.8, 4) is 0 Å². The van der Waals surface area contributed by atoms with Crippen LogP contribution in [0.4, 0.5) is 0 Å². The second-order valence-corrected chi connectivity index (χ2v) is 6.15.